The molecule has 1 amide bonds. The number of nitrogens with zero attached hydrogens (tertiary/aromatic N) is 6. The number of rotatable bonds is 4. The van der Waals surface area contributed by atoms with Crippen LogP contribution in [0.3, 0.4) is 0 Å². The van der Waals surface area contributed by atoms with Gasteiger partial charge in [0, 0.05) is 56.2 Å². The number of aromatic nitrogens is 5. The molecule has 160 valence electrons. The first kappa shape index (κ1) is 19.8. The molecule has 0 atom stereocenters. The summed E-state index contributed by atoms with van der Waals surface area (Å²) in [5.74, 6) is 0.0760. The van der Waals surface area contributed by atoms with Gasteiger partial charge in [0.05, 0.1) is 17.5 Å². The molecule has 0 aliphatic carbocycles. The van der Waals surface area contributed by atoms with E-state index in [1.165, 1.54) is 0 Å². The third-order valence-corrected chi connectivity index (χ3v) is 5.74. The molecule has 9 nitrogen and oxygen atoms in total. The number of hydrogen-bond acceptors (Lipinski definition) is 6. The van der Waals surface area contributed by atoms with Crippen LogP contribution in [0.15, 0.2) is 30.7 Å². The number of hydrogen-bond donors (Lipinski definition) is 2. The SMILES string of the molecule is CCn1cc2c(N3CCNCC3)ccc(C(=O)Nc3cn4cc(C)nc4c(Cl)n3)c2n1. The van der Waals surface area contributed by atoms with E-state index in [0.717, 1.165) is 49.5 Å². The molecule has 1 aromatic carbocycles. The van der Waals surface area contributed by atoms with Gasteiger partial charge < -0.3 is 19.9 Å². The maximum Gasteiger partial charge on any atom is 0.259 e. The normalized spacial score (nSPS) is 14.5. The molecule has 4 heterocycles. The van der Waals surface area contributed by atoms with Gasteiger partial charge in [-0.15, -0.1) is 0 Å². The molecule has 0 radical (unpaired) electrons. The Morgan fingerprint density at radius 3 is 2.77 bits per heavy atom. The number of benzene rings is 1. The Balaban J connectivity index is 1.52. The summed E-state index contributed by atoms with van der Waals surface area (Å²) in [5.41, 5.74) is 3.66. The van der Waals surface area contributed by atoms with Crippen LogP contribution in [0.5, 0.6) is 0 Å². The molecule has 31 heavy (non-hydrogen) atoms. The lowest BCUT2D eigenvalue weighted by atomic mass is 10.1. The van der Waals surface area contributed by atoms with Crippen molar-refractivity contribution in [2.75, 3.05) is 36.4 Å². The van der Waals surface area contributed by atoms with Crippen molar-refractivity contribution < 1.29 is 4.79 Å². The van der Waals surface area contributed by atoms with Crippen LogP contribution in [0.25, 0.3) is 16.6 Å². The van der Waals surface area contributed by atoms with E-state index in [1.807, 2.05) is 43.1 Å². The van der Waals surface area contributed by atoms with Gasteiger partial charge in [-0.25, -0.2) is 9.97 Å². The average molecular weight is 439 g/mol. The van der Waals surface area contributed by atoms with Crippen LogP contribution >= 0.6 is 11.6 Å². The van der Waals surface area contributed by atoms with Crippen molar-refractivity contribution in [1.82, 2.24) is 29.5 Å². The molecule has 0 spiro atoms. The van der Waals surface area contributed by atoms with Crippen LogP contribution < -0.4 is 15.5 Å². The summed E-state index contributed by atoms with van der Waals surface area (Å²) in [6.07, 6.45) is 5.55. The highest BCUT2D eigenvalue weighted by Gasteiger charge is 2.21. The number of carbonyl (C=O) groups is 1. The van der Waals surface area contributed by atoms with Gasteiger partial charge in [0.1, 0.15) is 5.52 Å². The topological polar surface area (TPSA) is 92.4 Å². The molecule has 10 heteroatoms. The first-order valence-corrected chi connectivity index (χ1v) is 10.7. The maximum absolute atomic E-state index is 13.2. The number of anilines is 2. The number of halogens is 1. The highest BCUT2D eigenvalue weighted by atomic mass is 35.5. The van der Waals surface area contributed by atoms with E-state index in [2.05, 4.69) is 30.6 Å². The minimum atomic E-state index is -0.280. The van der Waals surface area contributed by atoms with Crippen LogP contribution in [0.1, 0.15) is 23.0 Å². The van der Waals surface area contributed by atoms with Gasteiger partial charge in [-0.2, -0.15) is 5.10 Å². The smallest absolute Gasteiger partial charge is 0.259 e. The van der Waals surface area contributed by atoms with Crippen LogP contribution in [-0.4, -0.2) is 56.2 Å². The third kappa shape index (κ3) is 3.60. The van der Waals surface area contributed by atoms with Crippen molar-refractivity contribution in [3.05, 3.63) is 47.1 Å². The van der Waals surface area contributed by atoms with Gasteiger partial charge in [0.25, 0.3) is 5.91 Å². The van der Waals surface area contributed by atoms with Gasteiger partial charge in [-0.05, 0) is 26.0 Å². The van der Waals surface area contributed by atoms with E-state index in [9.17, 15) is 4.79 Å². The van der Waals surface area contributed by atoms with Crippen molar-refractivity contribution in [3.63, 3.8) is 0 Å². The standard InChI is InChI=1S/C21H23ClN8O/c1-3-30-11-15-16(28-8-6-23-7-9-28)5-4-14(18(15)27-30)21(31)26-17-12-29-10-13(2)24-20(29)19(22)25-17/h4-5,10-12,23H,3,6-9H2,1-2H3,(H,26,31). The second-order valence-electron chi connectivity index (χ2n) is 7.60. The largest absolute Gasteiger partial charge is 0.368 e. The summed E-state index contributed by atoms with van der Waals surface area (Å²) in [4.78, 5) is 24.1. The zero-order valence-electron chi connectivity index (χ0n) is 17.4. The number of imidazole rings is 1. The van der Waals surface area contributed by atoms with E-state index in [-0.39, 0.29) is 11.1 Å². The minimum absolute atomic E-state index is 0.236. The quantitative estimate of drug-likeness (QED) is 0.509. The summed E-state index contributed by atoms with van der Waals surface area (Å²) in [6, 6.07) is 3.84. The van der Waals surface area contributed by atoms with Crippen molar-refractivity contribution in [2.45, 2.75) is 20.4 Å². The van der Waals surface area contributed by atoms with Crippen molar-refractivity contribution >= 4 is 45.6 Å². The molecule has 4 aromatic rings. The fourth-order valence-electron chi connectivity index (χ4n) is 3.99. The van der Waals surface area contributed by atoms with E-state index >= 15 is 0 Å². The molecule has 3 aromatic heterocycles. The molecule has 0 bridgehead atoms. The van der Waals surface area contributed by atoms with E-state index < -0.39 is 0 Å². The molecule has 1 aliphatic rings. The van der Waals surface area contributed by atoms with Crippen LogP contribution in [-0.2, 0) is 6.54 Å². The summed E-state index contributed by atoms with van der Waals surface area (Å²) >= 11 is 6.26. The Bertz CT molecular complexity index is 1290. The molecule has 1 fully saturated rings. The van der Waals surface area contributed by atoms with Crippen LogP contribution in [0.4, 0.5) is 11.5 Å². The lowest BCUT2D eigenvalue weighted by molar-refractivity contribution is 0.102. The van der Waals surface area contributed by atoms with Gasteiger partial charge in [-0.3, -0.25) is 9.48 Å². The lowest BCUT2D eigenvalue weighted by Crippen LogP contribution is -2.43. The summed E-state index contributed by atoms with van der Waals surface area (Å²) in [5, 5.41) is 12.1. The zero-order valence-corrected chi connectivity index (χ0v) is 18.1. The monoisotopic (exact) mass is 438 g/mol. The highest BCUT2D eigenvalue weighted by molar-refractivity contribution is 6.32. The number of nitrogens with one attached hydrogen (secondary N) is 2. The van der Waals surface area contributed by atoms with Gasteiger partial charge in [-0.1, -0.05) is 11.6 Å². The molecule has 0 saturated carbocycles. The molecule has 0 unspecified atom stereocenters. The minimum Gasteiger partial charge on any atom is -0.368 e. The Labute approximate surface area is 184 Å². The van der Waals surface area contributed by atoms with Crippen molar-refractivity contribution in [3.8, 4) is 0 Å². The molecule has 1 saturated heterocycles. The van der Waals surface area contributed by atoms with Gasteiger partial charge in [0.15, 0.2) is 16.6 Å². The van der Waals surface area contributed by atoms with Crippen molar-refractivity contribution in [1.29, 1.82) is 0 Å². The lowest BCUT2D eigenvalue weighted by Gasteiger charge is -2.30. The van der Waals surface area contributed by atoms with Gasteiger partial charge in [0.2, 0.25) is 0 Å². The zero-order chi connectivity index (χ0) is 21.5. The van der Waals surface area contributed by atoms with Crippen LogP contribution in [0.2, 0.25) is 5.15 Å². The third-order valence-electron chi connectivity index (χ3n) is 5.49. The first-order valence-electron chi connectivity index (χ1n) is 10.3. The fourth-order valence-corrected chi connectivity index (χ4v) is 4.22. The maximum atomic E-state index is 13.2. The summed E-state index contributed by atoms with van der Waals surface area (Å²) < 4.78 is 3.62. The number of fused-ring (bicyclic) bond motifs is 2. The molecule has 5 rings (SSSR count). The second-order valence-corrected chi connectivity index (χ2v) is 7.96. The highest BCUT2D eigenvalue weighted by Crippen LogP contribution is 2.30. The Kier molecular flexibility index (Phi) is 4.99. The molecule has 1 aliphatic heterocycles. The first-order chi connectivity index (χ1) is 15.0. The average Bonchev–Trinajstić information content (AvgIpc) is 3.37. The van der Waals surface area contributed by atoms with E-state index in [4.69, 9.17) is 11.6 Å². The number of aryl methyl sites for hydroxylation is 2. The number of carbonyl (C=O) groups excluding carboxylic acids is 1. The Hall–Kier alpha value is -3.17. The Morgan fingerprint density at radius 2 is 2.00 bits per heavy atom. The number of piperazine rings is 1. The van der Waals surface area contributed by atoms with Crippen molar-refractivity contribution in [2.24, 2.45) is 0 Å². The summed E-state index contributed by atoms with van der Waals surface area (Å²) in [6.45, 7) is 8.36. The second kappa shape index (κ2) is 7.82. The predicted octanol–water partition coefficient (Wildman–Crippen LogP) is 2.72. The van der Waals surface area contributed by atoms with E-state index in [1.54, 1.807) is 10.6 Å². The van der Waals surface area contributed by atoms with E-state index in [0.29, 0.717) is 22.5 Å². The Morgan fingerprint density at radius 1 is 1.19 bits per heavy atom. The molecular weight excluding hydrogens is 416 g/mol. The predicted molar refractivity (Wildman–Crippen MR) is 121 cm³/mol. The number of amides is 1. The van der Waals surface area contributed by atoms with Gasteiger partial charge >= 0.3 is 0 Å². The molecular formula is C21H23ClN8O. The summed E-state index contributed by atoms with van der Waals surface area (Å²) in [7, 11) is 0. The van der Waals surface area contributed by atoms with Crippen LogP contribution in [0, 0.1) is 6.92 Å². The molecule has 2 N–H and O–H groups in total. The fraction of sp³-hybridized carbons (Fsp3) is 0.333.